The topological polar surface area (TPSA) is 111 Å². The summed E-state index contributed by atoms with van der Waals surface area (Å²) in [5, 5.41) is 6.89. The Hall–Kier alpha value is -3.98. The third kappa shape index (κ3) is 6.09. The van der Waals surface area contributed by atoms with Crippen LogP contribution in [0.25, 0.3) is 5.65 Å². The molecule has 3 aromatic heterocycles. The number of nitrogens with zero attached hydrogens (tertiary/aromatic N) is 4. The van der Waals surface area contributed by atoms with Crippen LogP contribution in [0.2, 0.25) is 5.02 Å². The number of anilines is 2. The molecule has 0 aliphatic heterocycles. The molecular formula is C30H31ClN6O3. The number of esters is 1. The molecule has 10 heteroatoms. The Morgan fingerprint density at radius 1 is 1.10 bits per heavy atom. The Bertz CT molecular complexity index is 1570. The summed E-state index contributed by atoms with van der Waals surface area (Å²) in [5.41, 5.74) is 5.11. The molecule has 0 radical (unpaired) electrons. The zero-order valence-electron chi connectivity index (χ0n) is 22.3. The molecule has 3 heterocycles. The molecule has 40 heavy (non-hydrogen) atoms. The van der Waals surface area contributed by atoms with Crippen LogP contribution >= 0.6 is 11.6 Å². The minimum absolute atomic E-state index is 0.0585. The van der Waals surface area contributed by atoms with Crippen LogP contribution in [-0.4, -0.2) is 37.8 Å². The zero-order valence-corrected chi connectivity index (χ0v) is 23.0. The highest BCUT2D eigenvalue weighted by Gasteiger charge is 2.44. The number of imidazole rings is 1. The Balaban J connectivity index is 1.10. The standard InChI is InChI=1S/C30H31ClN6O3/c1-2-40-28(38)9-8-20-10-21(18-6-7-18)15-37-16-23(35-29(20)37)14-32-26-13-27(34-17-33-26)36-30(39)25-12-24(25)19-4-3-5-22(31)11-19/h3-5,10-11,13,15-18,24-25H,2,6-9,12,14H2,1H3,(H2,32,33,34,36,39)/t24-,25+/m1/s1. The number of benzene rings is 1. The lowest BCUT2D eigenvalue weighted by Crippen LogP contribution is -2.16. The summed E-state index contributed by atoms with van der Waals surface area (Å²) in [4.78, 5) is 38.2. The summed E-state index contributed by atoms with van der Waals surface area (Å²) in [6.07, 6.45) is 9.67. The lowest BCUT2D eigenvalue weighted by Gasteiger charge is -2.07. The number of fused-ring (bicyclic) bond motifs is 1. The maximum Gasteiger partial charge on any atom is 0.306 e. The largest absolute Gasteiger partial charge is 0.466 e. The monoisotopic (exact) mass is 558 g/mol. The number of hydrogen-bond acceptors (Lipinski definition) is 7. The van der Waals surface area contributed by atoms with Gasteiger partial charge in [-0.1, -0.05) is 29.8 Å². The lowest BCUT2D eigenvalue weighted by molar-refractivity contribution is -0.143. The average Bonchev–Trinajstić information content (AvgIpc) is 3.87. The van der Waals surface area contributed by atoms with Crippen LogP contribution in [0, 0.1) is 5.92 Å². The fourth-order valence-electron chi connectivity index (χ4n) is 5.14. The average molecular weight is 559 g/mol. The van der Waals surface area contributed by atoms with Crippen molar-refractivity contribution in [3.8, 4) is 0 Å². The van der Waals surface area contributed by atoms with Crippen LogP contribution in [0.5, 0.6) is 0 Å². The fourth-order valence-corrected chi connectivity index (χ4v) is 5.33. The molecule has 2 aliphatic rings. The summed E-state index contributed by atoms with van der Waals surface area (Å²) in [5.74, 6) is 1.45. The first-order valence-electron chi connectivity index (χ1n) is 13.7. The van der Waals surface area contributed by atoms with Gasteiger partial charge >= 0.3 is 5.97 Å². The summed E-state index contributed by atoms with van der Waals surface area (Å²) in [6.45, 7) is 2.65. The van der Waals surface area contributed by atoms with Gasteiger partial charge in [0.2, 0.25) is 5.91 Å². The molecule has 6 rings (SSSR count). The molecule has 0 unspecified atom stereocenters. The molecule has 2 atom stereocenters. The third-order valence-corrected chi connectivity index (χ3v) is 7.66. The highest BCUT2D eigenvalue weighted by molar-refractivity contribution is 6.30. The number of halogens is 1. The highest BCUT2D eigenvalue weighted by Crippen LogP contribution is 2.48. The van der Waals surface area contributed by atoms with Gasteiger partial charge in [0, 0.05) is 35.8 Å². The van der Waals surface area contributed by atoms with Crippen LogP contribution in [0.15, 0.2) is 55.1 Å². The van der Waals surface area contributed by atoms with Gasteiger partial charge in [0.1, 0.15) is 23.6 Å². The van der Waals surface area contributed by atoms with E-state index in [4.69, 9.17) is 21.3 Å². The van der Waals surface area contributed by atoms with Crippen molar-refractivity contribution in [2.75, 3.05) is 17.2 Å². The number of rotatable bonds is 11. The van der Waals surface area contributed by atoms with Crippen molar-refractivity contribution >= 4 is 40.8 Å². The van der Waals surface area contributed by atoms with Gasteiger partial charge in [0.05, 0.1) is 18.8 Å². The third-order valence-electron chi connectivity index (χ3n) is 7.42. The van der Waals surface area contributed by atoms with E-state index < -0.39 is 0 Å². The number of aryl methyl sites for hydroxylation is 1. The Kier molecular flexibility index (Phi) is 7.38. The van der Waals surface area contributed by atoms with E-state index in [1.54, 1.807) is 6.07 Å². The Morgan fingerprint density at radius 2 is 1.95 bits per heavy atom. The van der Waals surface area contributed by atoms with Gasteiger partial charge in [-0.25, -0.2) is 15.0 Å². The maximum atomic E-state index is 12.8. The van der Waals surface area contributed by atoms with Gasteiger partial charge < -0.3 is 19.8 Å². The maximum absolute atomic E-state index is 12.8. The number of pyridine rings is 1. The predicted octanol–water partition coefficient (Wildman–Crippen LogP) is 5.51. The van der Waals surface area contributed by atoms with Gasteiger partial charge in [-0.05, 0) is 73.3 Å². The summed E-state index contributed by atoms with van der Waals surface area (Å²) < 4.78 is 7.18. The van der Waals surface area contributed by atoms with Crippen LogP contribution in [0.4, 0.5) is 11.6 Å². The second-order valence-corrected chi connectivity index (χ2v) is 10.9. The minimum atomic E-state index is -0.195. The predicted molar refractivity (Wildman–Crippen MR) is 152 cm³/mol. The molecule has 0 saturated heterocycles. The summed E-state index contributed by atoms with van der Waals surface area (Å²) >= 11 is 6.11. The Morgan fingerprint density at radius 3 is 2.75 bits per heavy atom. The first-order valence-corrected chi connectivity index (χ1v) is 14.1. The first-order chi connectivity index (χ1) is 19.5. The van der Waals surface area contributed by atoms with E-state index >= 15 is 0 Å². The van der Waals surface area contributed by atoms with Crippen molar-refractivity contribution in [3.63, 3.8) is 0 Å². The van der Waals surface area contributed by atoms with E-state index in [2.05, 4.69) is 37.3 Å². The van der Waals surface area contributed by atoms with Crippen molar-refractivity contribution < 1.29 is 14.3 Å². The number of ether oxygens (including phenoxy) is 1. The first kappa shape index (κ1) is 26.3. The number of nitrogens with one attached hydrogen (secondary N) is 2. The van der Waals surface area contributed by atoms with E-state index in [1.807, 2.05) is 37.4 Å². The summed E-state index contributed by atoms with van der Waals surface area (Å²) in [6, 6.07) is 11.6. The van der Waals surface area contributed by atoms with Gasteiger partial charge in [0.25, 0.3) is 0 Å². The van der Waals surface area contributed by atoms with Crippen LogP contribution in [0.1, 0.15) is 66.8 Å². The molecule has 1 aromatic carbocycles. The molecule has 2 aliphatic carbocycles. The van der Waals surface area contributed by atoms with Crippen molar-refractivity contribution in [2.24, 2.45) is 5.92 Å². The van der Waals surface area contributed by atoms with Crippen LogP contribution < -0.4 is 10.6 Å². The van der Waals surface area contributed by atoms with Gasteiger partial charge in [-0.3, -0.25) is 9.59 Å². The number of amides is 1. The van der Waals surface area contributed by atoms with Gasteiger partial charge in [0.15, 0.2) is 0 Å². The smallest absolute Gasteiger partial charge is 0.306 e. The second kappa shape index (κ2) is 11.3. The molecule has 2 fully saturated rings. The van der Waals surface area contributed by atoms with Gasteiger partial charge in [-0.15, -0.1) is 0 Å². The molecule has 4 aromatic rings. The lowest BCUT2D eigenvalue weighted by atomic mass is 10.1. The molecule has 2 N–H and O–H groups in total. The highest BCUT2D eigenvalue weighted by atomic mass is 35.5. The Labute approximate surface area is 237 Å². The zero-order chi connectivity index (χ0) is 27.6. The van der Waals surface area contributed by atoms with Crippen molar-refractivity contribution in [2.45, 2.75) is 57.4 Å². The van der Waals surface area contributed by atoms with E-state index in [0.29, 0.717) is 48.6 Å². The molecular weight excluding hydrogens is 528 g/mol. The van der Waals surface area contributed by atoms with Crippen molar-refractivity contribution in [3.05, 3.63) is 82.5 Å². The molecule has 206 valence electrons. The number of hydrogen-bond donors (Lipinski definition) is 2. The van der Waals surface area contributed by atoms with Gasteiger partial charge in [-0.2, -0.15) is 0 Å². The molecule has 1 amide bonds. The fraction of sp³-hybridized carbons (Fsp3) is 0.367. The molecule has 0 spiro atoms. The molecule has 0 bridgehead atoms. The van der Waals surface area contributed by atoms with E-state index in [1.165, 1.54) is 24.7 Å². The normalized spacial score (nSPS) is 17.9. The second-order valence-electron chi connectivity index (χ2n) is 10.5. The SMILES string of the molecule is CCOC(=O)CCc1cc(C2CC2)cn2cc(CNc3cc(NC(=O)[C@H]4C[C@@H]4c4cccc(Cl)c4)ncn3)nc12. The molecule has 2 saturated carbocycles. The number of carbonyl (C=O) groups is 2. The summed E-state index contributed by atoms with van der Waals surface area (Å²) in [7, 11) is 0. The van der Waals surface area contributed by atoms with E-state index in [0.717, 1.165) is 28.9 Å². The van der Waals surface area contributed by atoms with Crippen LogP contribution in [0.3, 0.4) is 0 Å². The van der Waals surface area contributed by atoms with Crippen molar-refractivity contribution in [1.82, 2.24) is 19.4 Å². The van der Waals surface area contributed by atoms with E-state index in [9.17, 15) is 9.59 Å². The van der Waals surface area contributed by atoms with E-state index in [-0.39, 0.29) is 23.7 Å². The van der Waals surface area contributed by atoms with Crippen molar-refractivity contribution in [1.29, 1.82) is 0 Å². The van der Waals surface area contributed by atoms with Crippen LogP contribution in [-0.2, 0) is 27.3 Å². The number of aromatic nitrogens is 4. The minimum Gasteiger partial charge on any atom is -0.466 e. The quantitative estimate of drug-likeness (QED) is 0.234. The molecule has 9 nitrogen and oxygen atoms in total. The number of carbonyl (C=O) groups excluding carboxylic acids is 2.